The van der Waals surface area contributed by atoms with E-state index >= 15 is 0 Å². The van der Waals surface area contributed by atoms with Gasteiger partial charge in [-0.3, -0.25) is 9.89 Å². The maximum absolute atomic E-state index is 13.2. The number of H-pyrrole nitrogens is 1. The fourth-order valence-corrected chi connectivity index (χ4v) is 2.64. The van der Waals surface area contributed by atoms with Crippen molar-refractivity contribution in [1.29, 1.82) is 0 Å². The van der Waals surface area contributed by atoms with Crippen LogP contribution in [0.1, 0.15) is 46.5 Å². The van der Waals surface area contributed by atoms with Crippen molar-refractivity contribution in [1.82, 2.24) is 20.5 Å². The number of benzene rings is 1. The second-order valence-electron chi connectivity index (χ2n) is 5.78. The van der Waals surface area contributed by atoms with E-state index in [0.717, 1.165) is 18.7 Å². The zero-order valence-electron chi connectivity index (χ0n) is 13.1. The van der Waals surface area contributed by atoms with Crippen LogP contribution in [0.4, 0.5) is 4.39 Å². The minimum Gasteiger partial charge on any atom is -0.365 e. The Kier molecular flexibility index (Phi) is 4.38. The molecule has 2 heterocycles. The zero-order chi connectivity index (χ0) is 16.4. The quantitative estimate of drug-likeness (QED) is 0.906. The summed E-state index contributed by atoms with van der Waals surface area (Å²) in [5, 5.41) is 9.74. The maximum atomic E-state index is 13.2. The van der Waals surface area contributed by atoms with Crippen LogP contribution in [-0.4, -0.2) is 33.7 Å². The number of aromatic amines is 1. The average Bonchev–Trinajstić information content (AvgIpc) is 3.16. The molecule has 1 amide bonds. The number of amides is 1. The van der Waals surface area contributed by atoms with Crippen molar-refractivity contribution in [2.75, 3.05) is 6.54 Å². The lowest BCUT2D eigenvalue weighted by molar-refractivity contribution is 0.0392. The van der Waals surface area contributed by atoms with E-state index in [1.54, 1.807) is 13.0 Å². The fourth-order valence-electron chi connectivity index (χ4n) is 2.64. The first-order chi connectivity index (χ1) is 11.0. The van der Waals surface area contributed by atoms with Crippen molar-refractivity contribution in [3.8, 4) is 0 Å². The van der Waals surface area contributed by atoms with E-state index in [2.05, 4.69) is 20.5 Å². The number of aryl methyl sites for hydroxylation is 2. The lowest BCUT2D eigenvalue weighted by Crippen LogP contribution is -2.32. The summed E-state index contributed by atoms with van der Waals surface area (Å²) in [6, 6.07) is 4.32. The molecule has 1 aromatic carbocycles. The van der Waals surface area contributed by atoms with Gasteiger partial charge in [-0.05, 0) is 50.5 Å². The van der Waals surface area contributed by atoms with E-state index in [9.17, 15) is 9.18 Å². The summed E-state index contributed by atoms with van der Waals surface area (Å²) >= 11 is 0. The predicted octanol–water partition coefficient (Wildman–Crippen LogP) is 2.21. The summed E-state index contributed by atoms with van der Waals surface area (Å²) in [7, 11) is 0. The van der Waals surface area contributed by atoms with Crippen molar-refractivity contribution in [3.05, 3.63) is 46.8 Å². The van der Waals surface area contributed by atoms with Gasteiger partial charge in [0.1, 0.15) is 17.7 Å². The van der Waals surface area contributed by atoms with Crippen molar-refractivity contribution in [3.63, 3.8) is 0 Å². The summed E-state index contributed by atoms with van der Waals surface area (Å²) in [4.78, 5) is 16.4. The number of nitrogens with one attached hydrogen (secondary N) is 2. The minimum atomic E-state index is -0.315. The van der Waals surface area contributed by atoms with Crippen LogP contribution in [0.25, 0.3) is 0 Å². The van der Waals surface area contributed by atoms with Crippen molar-refractivity contribution < 1.29 is 13.9 Å². The molecule has 1 saturated heterocycles. The molecular weight excluding hydrogens is 299 g/mol. The molecule has 0 radical (unpaired) electrons. The normalized spacial score (nSPS) is 20.7. The Morgan fingerprint density at radius 3 is 2.96 bits per heavy atom. The van der Waals surface area contributed by atoms with Gasteiger partial charge in [-0.15, -0.1) is 0 Å². The van der Waals surface area contributed by atoms with Crippen LogP contribution >= 0.6 is 0 Å². The lowest BCUT2D eigenvalue weighted by Gasteiger charge is -2.13. The highest BCUT2D eigenvalue weighted by molar-refractivity contribution is 5.94. The van der Waals surface area contributed by atoms with Gasteiger partial charge in [0.2, 0.25) is 0 Å². The molecule has 122 valence electrons. The molecule has 2 atom stereocenters. The van der Waals surface area contributed by atoms with E-state index in [1.807, 2.05) is 6.92 Å². The average molecular weight is 318 g/mol. The van der Waals surface area contributed by atoms with Crippen LogP contribution in [0.3, 0.4) is 0 Å². The van der Waals surface area contributed by atoms with Crippen LogP contribution in [-0.2, 0) is 4.74 Å². The number of nitrogens with zero attached hydrogens (tertiary/aromatic N) is 2. The number of halogens is 1. The second-order valence-corrected chi connectivity index (χ2v) is 5.78. The van der Waals surface area contributed by atoms with Gasteiger partial charge in [-0.25, -0.2) is 9.37 Å². The van der Waals surface area contributed by atoms with Gasteiger partial charge >= 0.3 is 0 Å². The third kappa shape index (κ3) is 3.56. The van der Waals surface area contributed by atoms with Gasteiger partial charge in [0, 0.05) is 12.1 Å². The van der Waals surface area contributed by atoms with Gasteiger partial charge in [0.05, 0.1) is 6.10 Å². The molecule has 0 aliphatic carbocycles. The summed E-state index contributed by atoms with van der Waals surface area (Å²) in [5.74, 6) is 0.872. The van der Waals surface area contributed by atoms with Gasteiger partial charge in [-0.1, -0.05) is 0 Å². The van der Waals surface area contributed by atoms with Crippen LogP contribution in [0, 0.1) is 19.7 Å². The highest BCUT2D eigenvalue weighted by atomic mass is 19.1. The molecule has 1 fully saturated rings. The van der Waals surface area contributed by atoms with Gasteiger partial charge in [0.25, 0.3) is 5.91 Å². The highest BCUT2D eigenvalue weighted by Crippen LogP contribution is 2.30. The number of rotatable bonds is 4. The van der Waals surface area contributed by atoms with Crippen LogP contribution in [0.2, 0.25) is 0 Å². The second kappa shape index (κ2) is 6.45. The smallest absolute Gasteiger partial charge is 0.251 e. The third-order valence-corrected chi connectivity index (χ3v) is 3.92. The number of hydrogen-bond donors (Lipinski definition) is 2. The van der Waals surface area contributed by atoms with Crippen molar-refractivity contribution >= 4 is 5.91 Å². The minimum absolute atomic E-state index is 0.0655. The molecule has 0 spiro atoms. The topological polar surface area (TPSA) is 79.9 Å². The summed E-state index contributed by atoms with van der Waals surface area (Å²) in [5.41, 5.74) is 0.901. The maximum Gasteiger partial charge on any atom is 0.251 e. The Morgan fingerprint density at radius 2 is 2.26 bits per heavy atom. The van der Waals surface area contributed by atoms with Crippen LogP contribution in [0.5, 0.6) is 0 Å². The zero-order valence-corrected chi connectivity index (χ0v) is 13.1. The Labute approximate surface area is 133 Å². The van der Waals surface area contributed by atoms with Gasteiger partial charge < -0.3 is 10.1 Å². The largest absolute Gasteiger partial charge is 0.365 e. The number of carbonyl (C=O) groups excluding carboxylic acids is 1. The lowest BCUT2D eigenvalue weighted by atomic mass is 10.1. The molecule has 7 heteroatoms. The Morgan fingerprint density at radius 1 is 1.43 bits per heavy atom. The molecule has 0 unspecified atom stereocenters. The summed E-state index contributed by atoms with van der Waals surface area (Å²) < 4.78 is 19.1. The summed E-state index contributed by atoms with van der Waals surface area (Å²) in [6.45, 7) is 3.89. The van der Waals surface area contributed by atoms with E-state index < -0.39 is 0 Å². The fraction of sp³-hybridized carbons (Fsp3) is 0.438. The predicted molar refractivity (Wildman–Crippen MR) is 81.4 cm³/mol. The number of ether oxygens (including phenoxy) is 1. The van der Waals surface area contributed by atoms with E-state index in [-0.39, 0.29) is 23.9 Å². The first-order valence-corrected chi connectivity index (χ1v) is 7.61. The molecule has 1 aliphatic heterocycles. The first-order valence-electron chi connectivity index (χ1n) is 7.61. The van der Waals surface area contributed by atoms with E-state index in [1.165, 1.54) is 12.1 Å². The van der Waals surface area contributed by atoms with Crippen molar-refractivity contribution in [2.45, 2.75) is 38.9 Å². The molecule has 0 saturated carbocycles. The first kappa shape index (κ1) is 15.6. The number of carbonyl (C=O) groups is 1. The van der Waals surface area contributed by atoms with Crippen LogP contribution < -0.4 is 5.32 Å². The summed E-state index contributed by atoms with van der Waals surface area (Å²) in [6.07, 6.45) is 1.47. The Hall–Kier alpha value is -2.28. The molecule has 0 bridgehead atoms. The standard InChI is InChI=1S/C16H19FN4O2/c1-9-7-11(3-5-13(9)17)16(22)18-8-12-4-6-14(23-12)15-19-10(2)20-21-15/h3,5,7,12,14H,4,6,8H2,1-2H3,(H,18,22)(H,19,20,21)/t12-,14+/m1/s1. The molecule has 3 rings (SSSR count). The molecule has 6 nitrogen and oxygen atoms in total. The van der Waals surface area contributed by atoms with Gasteiger partial charge in [0.15, 0.2) is 5.82 Å². The SMILES string of the molecule is Cc1nc([C@@H]2CC[C@H](CNC(=O)c3ccc(F)c(C)c3)O2)n[nH]1. The van der Waals surface area contributed by atoms with Gasteiger partial charge in [-0.2, -0.15) is 5.10 Å². The highest BCUT2D eigenvalue weighted by Gasteiger charge is 2.29. The van der Waals surface area contributed by atoms with E-state index in [4.69, 9.17) is 4.74 Å². The number of aromatic nitrogens is 3. The molecule has 1 aliphatic rings. The monoisotopic (exact) mass is 318 g/mol. The van der Waals surface area contributed by atoms with Crippen LogP contribution in [0.15, 0.2) is 18.2 Å². The molecular formula is C16H19FN4O2. The third-order valence-electron chi connectivity index (χ3n) is 3.92. The van der Waals surface area contributed by atoms with E-state index in [0.29, 0.717) is 23.5 Å². The molecule has 23 heavy (non-hydrogen) atoms. The molecule has 1 aromatic heterocycles. The molecule has 2 aromatic rings. The Balaban J connectivity index is 1.52. The molecule has 2 N–H and O–H groups in total. The van der Waals surface area contributed by atoms with Crippen molar-refractivity contribution in [2.24, 2.45) is 0 Å². The Bertz CT molecular complexity index is 716. The number of hydrogen-bond acceptors (Lipinski definition) is 4.